The summed E-state index contributed by atoms with van der Waals surface area (Å²) >= 11 is 0. The molecule has 1 aromatic carbocycles. The van der Waals surface area contributed by atoms with Gasteiger partial charge in [0, 0.05) is 19.5 Å². The molecule has 106 valence electrons. The molecule has 0 aliphatic heterocycles. The lowest BCUT2D eigenvalue weighted by atomic mass is 10.2. The molecule has 0 atom stereocenters. The van der Waals surface area contributed by atoms with Crippen LogP contribution in [-0.4, -0.2) is 19.0 Å². The molecule has 19 heavy (non-hydrogen) atoms. The number of carbonyl (C=O) groups is 1. The molecule has 3 nitrogen and oxygen atoms in total. The Morgan fingerprint density at radius 2 is 1.84 bits per heavy atom. The summed E-state index contributed by atoms with van der Waals surface area (Å²) in [5.74, 6) is -1.41. The lowest BCUT2D eigenvalue weighted by molar-refractivity contribution is -0.120. The molecular formula is C14H20F2N2O. The fourth-order valence-corrected chi connectivity index (χ4v) is 1.66. The number of para-hydroxylation sites is 1. The van der Waals surface area contributed by atoms with Crippen molar-refractivity contribution in [2.45, 2.75) is 32.6 Å². The molecule has 1 rings (SSSR count). The molecule has 5 heteroatoms. The zero-order valence-electron chi connectivity index (χ0n) is 11.1. The third kappa shape index (κ3) is 5.68. The second-order valence-corrected chi connectivity index (χ2v) is 4.33. The molecule has 0 fully saturated rings. The van der Waals surface area contributed by atoms with Crippen LogP contribution in [0.2, 0.25) is 0 Å². The van der Waals surface area contributed by atoms with Crippen LogP contribution in [-0.2, 0) is 4.79 Å². The molecule has 1 amide bonds. The molecule has 0 unspecified atom stereocenters. The van der Waals surface area contributed by atoms with Gasteiger partial charge >= 0.3 is 0 Å². The van der Waals surface area contributed by atoms with Crippen molar-refractivity contribution in [1.29, 1.82) is 0 Å². The molecule has 0 saturated heterocycles. The molecule has 1 aromatic rings. The lowest BCUT2D eigenvalue weighted by Crippen LogP contribution is -2.26. The Bertz CT molecular complexity index is 390. The van der Waals surface area contributed by atoms with Gasteiger partial charge in [0.2, 0.25) is 5.91 Å². The fourth-order valence-electron chi connectivity index (χ4n) is 1.66. The Labute approximate surface area is 112 Å². The first kappa shape index (κ1) is 15.4. The molecule has 0 radical (unpaired) electrons. The van der Waals surface area contributed by atoms with Gasteiger partial charge in [-0.1, -0.05) is 25.8 Å². The van der Waals surface area contributed by atoms with E-state index in [2.05, 4.69) is 17.6 Å². The number of anilines is 1. The number of nitrogens with one attached hydrogen (secondary N) is 2. The van der Waals surface area contributed by atoms with E-state index in [1.54, 1.807) is 0 Å². The van der Waals surface area contributed by atoms with Crippen molar-refractivity contribution in [3.63, 3.8) is 0 Å². The highest BCUT2D eigenvalue weighted by Gasteiger charge is 2.08. The smallest absolute Gasteiger partial charge is 0.221 e. The molecule has 0 aliphatic carbocycles. The number of unbranched alkanes of at least 4 members (excludes halogenated alkanes) is 2. The van der Waals surface area contributed by atoms with Gasteiger partial charge in [-0.25, -0.2) is 8.78 Å². The van der Waals surface area contributed by atoms with Crippen LogP contribution in [0.4, 0.5) is 14.5 Å². The Balaban J connectivity index is 2.24. The monoisotopic (exact) mass is 270 g/mol. The maximum atomic E-state index is 13.3. The minimum Gasteiger partial charge on any atom is -0.380 e. The minimum absolute atomic E-state index is 0.111. The van der Waals surface area contributed by atoms with Crippen LogP contribution in [0.5, 0.6) is 0 Å². The quantitative estimate of drug-likeness (QED) is 0.713. The van der Waals surface area contributed by atoms with E-state index in [0.29, 0.717) is 6.54 Å². The van der Waals surface area contributed by atoms with Crippen LogP contribution < -0.4 is 10.6 Å². The summed E-state index contributed by atoms with van der Waals surface area (Å²) < 4.78 is 26.5. The van der Waals surface area contributed by atoms with Gasteiger partial charge in [-0.2, -0.15) is 0 Å². The van der Waals surface area contributed by atoms with Gasteiger partial charge in [0.1, 0.15) is 17.3 Å². The Morgan fingerprint density at radius 3 is 2.47 bits per heavy atom. The Morgan fingerprint density at radius 1 is 1.16 bits per heavy atom. The fraction of sp³-hybridized carbons (Fsp3) is 0.500. The van der Waals surface area contributed by atoms with E-state index < -0.39 is 11.6 Å². The van der Waals surface area contributed by atoms with Crippen molar-refractivity contribution in [3.8, 4) is 0 Å². The van der Waals surface area contributed by atoms with E-state index in [-0.39, 0.29) is 24.6 Å². The van der Waals surface area contributed by atoms with Gasteiger partial charge in [0.05, 0.1) is 0 Å². The summed E-state index contributed by atoms with van der Waals surface area (Å²) in [4.78, 5) is 11.4. The third-order valence-electron chi connectivity index (χ3n) is 2.72. The summed E-state index contributed by atoms with van der Waals surface area (Å²) in [5.41, 5.74) is -0.179. The molecule has 0 aromatic heterocycles. The Kier molecular flexibility index (Phi) is 6.85. The first-order valence-electron chi connectivity index (χ1n) is 6.59. The van der Waals surface area contributed by atoms with E-state index in [0.717, 1.165) is 19.3 Å². The maximum absolute atomic E-state index is 13.3. The molecule has 0 spiro atoms. The topological polar surface area (TPSA) is 41.1 Å². The summed E-state index contributed by atoms with van der Waals surface area (Å²) in [7, 11) is 0. The number of hydrogen-bond donors (Lipinski definition) is 2. The highest BCUT2D eigenvalue weighted by Crippen LogP contribution is 2.17. The Hall–Kier alpha value is -1.65. The minimum atomic E-state index is -0.650. The van der Waals surface area contributed by atoms with Gasteiger partial charge < -0.3 is 10.6 Å². The van der Waals surface area contributed by atoms with Gasteiger partial charge in [0.25, 0.3) is 0 Å². The van der Waals surface area contributed by atoms with Gasteiger partial charge in [-0.15, -0.1) is 0 Å². The van der Waals surface area contributed by atoms with Crippen molar-refractivity contribution in [3.05, 3.63) is 29.8 Å². The van der Waals surface area contributed by atoms with Crippen LogP contribution in [0.15, 0.2) is 18.2 Å². The molecule has 2 N–H and O–H groups in total. The maximum Gasteiger partial charge on any atom is 0.221 e. The van der Waals surface area contributed by atoms with E-state index >= 15 is 0 Å². The molecule has 0 bridgehead atoms. The van der Waals surface area contributed by atoms with E-state index in [1.807, 2.05) is 0 Å². The van der Waals surface area contributed by atoms with Gasteiger partial charge in [-0.05, 0) is 18.6 Å². The van der Waals surface area contributed by atoms with Crippen molar-refractivity contribution in [1.82, 2.24) is 5.32 Å². The summed E-state index contributed by atoms with van der Waals surface area (Å²) in [6.45, 7) is 2.95. The average molecular weight is 270 g/mol. The SMILES string of the molecule is CCCCCNC(=O)CCNc1c(F)cccc1F. The highest BCUT2D eigenvalue weighted by atomic mass is 19.1. The number of carbonyl (C=O) groups excluding carboxylic acids is 1. The number of amides is 1. The highest BCUT2D eigenvalue weighted by molar-refractivity contribution is 5.76. The number of halogens is 2. The largest absolute Gasteiger partial charge is 0.380 e. The van der Waals surface area contributed by atoms with E-state index in [4.69, 9.17) is 0 Å². The van der Waals surface area contributed by atoms with Crippen molar-refractivity contribution >= 4 is 11.6 Å². The van der Waals surface area contributed by atoms with Gasteiger partial charge in [-0.3, -0.25) is 4.79 Å². The molecule has 0 saturated carbocycles. The second-order valence-electron chi connectivity index (χ2n) is 4.33. The van der Waals surface area contributed by atoms with Crippen molar-refractivity contribution < 1.29 is 13.6 Å². The first-order chi connectivity index (χ1) is 9.15. The van der Waals surface area contributed by atoms with Crippen LogP contribution in [0.1, 0.15) is 32.6 Å². The van der Waals surface area contributed by atoms with Crippen LogP contribution in [0.3, 0.4) is 0 Å². The van der Waals surface area contributed by atoms with Crippen LogP contribution in [0.25, 0.3) is 0 Å². The predicted molar refractivity (Wildman–Crippen MR) is 72.0 cm³/mol. The number of benzene rings is 1. The second kappa shape index (κ2) is 8.45. The summed E-state index contributed by atoms with van der Waals surface area (Å²) in [6, 6.07) is 3.66. The van der Waals surface area contributed by atoms with Gasteiger partial charge in [0.15, 0.2) is 0 Å². The zero-order chi connectivity index (χ0) is 14.1. The molecule has 0 heterocycles. The predicted octanol–water partition coefficient (Wildman–Crippen LogP) is 3.07. The number of rotatable bonds is 8. The van der Waals surface area contributed by atoms with Crippen molar-refractivity contribution in [2.75, 3.05) is 18.4 Å². The molecular weight excluding hydrogens is 250 g/mol. The van der Waals surface area contributed by atoms with E-state index in [1.165, 1.54) is 18.2 Å². The average Bonchev–Trinajstić information content (AvgIpc) is 2.38. The zero-order valence-corrected chi connectivity index (χ0v) is 11.1. The normalized spacial score (nSPS) is 10.3. The van der Waals surface area contributed by atoms with Crippen LogP contribution in [0, 0.1) is 11.6 Å². The first-order valence-corrected chi connectivity index (χ1v) is 6.59. The third-order valence-corrected chi connectivity index (χ3v) is 2.72. The summed E-state index contributed by atoms with van der Waals surface area (Å²) in [6.07, 6.45) is 3.33. The lowest BCUT2D eigenvalue weighted by Gasteiger charge is -2.09. The molecule has 0 aliphatic rings. The summed E-state index contributed by atoms with van der Waals surface area (Å²) in [5, 5.41) is 5.37. The number of hydrogen-bond acceptors (Lipinski definition) is 2. The van der Waals surface area contributed by atoms with Crippen molar-refractivity contribution in [2.24, 2.45) is 0 Å². The standard InChI is InChI=1S/C14H20F2N2O/c1-2-3-4-9-17-13(19)8-10-18-14-11(15)6-5-7-12(14)16/h5-7,18H,2-4,8-10H2,1H3,(H,17,19). The van der Waals surface area contributed by atoms with Crippen LogP contribution >= 0.6 is 0 Å². The van der Waals surface area contributed by atoms with E-state index in [9.17, 15) is 13.6 Å².